The van der Waals surface area contributed by atoms with Crippen molar-refractivity contribution < 1.29 is 14.3 Å². The minimum atomic E-state index is -0.274. The first kappa shape index (κ1) is 13.1. The van der Waals surface area contributed by atoms with E-state index in [9.17, 15) is 9.59 Å². The maximum Gasteiger partial charge on any atom is 0.410 e. The summed E-state index contributed by atoms with van der Waals surface area (Å²) in [5, 5.41) is 0.950. The second-order valence-corrected chi connectivity index (χ2v) is 5.56. The van der Waals surface area contributed by atoms with E-state index in [4.69, 9.17) is 4.74 Å². The zero-order valence-electron chi connectivity index (χ0n) is 11.9. The van der Waals surface area contributed by atoms with Gasteiger partial charge in [-0.1, -0.05) is 18.2 Å². The molecule has 0 N–H and O–H groups in total. The number of hydrogen-bond acceptors (Lipinski definition) is 4. The maximum atomic E-state index is 12.8. The highest BCUT2D eigenvalue weighted by atomic mass is 16.6. The molecular weight excluding hydrogens is 282 g/mol. The van der Waals surface area contributed by atoms with E-state index in [0.717, 1.165) is 10.9 Å². The van der Waals surface area contributed by atoms with E-state index < -0.39 is 0 Å². The molecule has 112 valence electrons. The molecule has 6 nitrogen and oxygen atoms in total. The lowest BCUT2D eigenvalue weighted by molar-refractivity contribution is 0.0618. The summed E-state index contributed by atoms with van der Waals surface area (Å²) in [4.78, 5) is 32.2. The van der Waals surface area contributed by atoms with Gasteiger partial charge >= 0.3 is 6.09 Å². The van der Waals surface area contributed by atoms with E-state index in [0.29, 0.717) is 31.8 Å². The van der Waals surface area contributed by atoms with Crippen molar-refractivity contribution in [3.8, 4) is 0 Å². The van der Waals surface area contributed by atoms with Crippen molar-refractivity contribution in [2.45, 2.75) is 6.04 Å². The molecule has 22 heavy (non-hydrogen) atoms. The zero-order chi connectivity index (χ0) is 15.1. The van der Waals surface area contributed by atoms with Crippen LogP contribution in [0, 0.1) is 0 Å². The van der Waals surface area contributed by atoms with Gasteiger partial charge in [-0.25, -0.2) is 4.79 Å². The maximum absolute atomic E-state index is 12.8. The number of rotatable bonds is 1. The molecule has 4 rings (SSSR count). The van der Waals surface area contributed by atoms with Crippen LogP contribution in [-0.2, 0) is 4.74 Å². The van der Waals surface area contributed by atoms with Crippen molar-refractivity contribution >= 4 is 22.9 Å². The number of para-hydroxylation sites is 1. The van der Waals surface area contributed by atoms with E-state index in [1.807, 2.05) is 24.3 Å². The van der Waals surface area contributed by atoms with Crippen molar-refractivity contribution in [1.82, 2.24) is 14.8 Å². The van der Waals surface area contributed by atoms with Gasteiger partial charge in [-0.05, 0) is 12.1 Å². The number of fused-ring (bicyclic) bond motifs is 2. The van der Waals surface area contributed by atoms with Crippen LogP contribution in [0.2, 0.25) is 0 Å². The summed E-state index contributed by atoms with van der Waals surface area (Å²) in [6, 6.07) is 9.39. The molecule has 3 heterocycles. The molecule has 1 aromatic carbocycles. The van der Waals surface area contributed by atoms with Gasteiger partial charge in [0.15, 0.2) is 0 Å². The molecule has 1 atom stereocenters. The molecule has 2 amide bonds. The Kier molecular flexibility index (Phi) is 2.96. The van der Waals surface area contributed by atoms with Crippen molar-refractivity contribution in [2.24, 2.45) is 0 Å². The quantitative estimate of drug-likeness (QED) is 0.800. The van der Waals surface area contributed by atoms with Crippen LogP contribution >= 0.6 is 0 Å². The molecule has 2 fully saturated rings. The lowest BCUT2D eigenvalue weighted by atomic mass is 10.1. The van der Waals surface area contributed by atoms with E-state index in [-0.39, 0.29) is 18.0 Å². The van der Waals surface area contributed by atoms with Crippen LogP contribution in [-0.4, -0.2) is 59.1 Å². The number of piperazine rings is 1. The zero-order valence-corrected chi connectivity index (χ0v) is 11.9. The normalized spacial score (nSPS) is 20.9. The SMILES string of the molecule is O=C(c1cccc2cccnc12)N1CCN2C(=O)OC[C@@H]2C1. The van der Waals surface area contributed by atoms with Crippen molar-refractivity contribution in [3.63, 3.8) is 0 Å². The number of benzene rings is 1. The lowest BCUT2D eigenvalue weighted by Gasteiger charge is -2.35. The number of cyclic esters (lactones) is 1. The predicted molar refractivity (Wildman–Crippen MR) is 79.5 cm³/mol. The Bertz CT molecular complexity index is 756. The number of aromatic nitrogens is 1. The third-order valence-electron chi connectivity index (χ3n) is 4.27. The molecule has 0 bridgehead atoms. The molecule has 2 aliphatic heterocycles. The van der Waals surface area contributed by atoms with Crippen LogP contribution in [0.4, 0.5) is 4.79 Å². The minimum Gasteiger partial charge on any atom is -0.447 e. The van der Waals surface area contributed by atoms with Gasteiger partial charge in [0.1, 0.15) is 6.61 Å². The van der Waals surface area contributed by atoms with E-state index in [1.54, 1.807) is 22.1 Å². The number of amides is 2. The molecule has 0 spiro atoms. The summed E-state index contributed by atoms with van der Waals surface area (Å²) < 4.78 is 5.04. The summed E-state index contributed by atoms with van der Waals surface area (Å²) >= 11 is 0. The number of carbonyl (C=O) groups is 2. The number of nitrogens with zero attached hydrogens (tertiary/aromatic N) is 3. The second kappa shape index (κ2) is 4.98. The third kappa shape index (κ3) is 1.99. The summed E-state index contributed by atoms with van der Waals surface area (Å²) in [5.74, 6) is -0.0386. The first-order valence-corrected chi connectivity index (χ1v) is 7.30. The average molecular weight is 297 g/mol. The molecule has 1 aromatic heterocycles. The van der Waals surface area contributed by atoms with Crippen LogP contribution in [0.5, 0.6) is 0 Å². The topological polar surface area (TPSA) is 62.7 Å². The van der Waals surface area contributed by atoms with Crippen LogP contribution in [0.15, 0.2) is 36.5 Å². The van der Waals surface area contributed by atoms with Crippen LogP contribution < -0.4 is 0 Å². The van der Waals surface area contributed by atoms with Gasteiger partial charge in [-0.15, -0.1) is 0 Å². The fourth-order valence-corrected chi connectivity index (χ4v) is 3.12. The highest BCUT2D eigenvalue weighted by Gasteiger charge is 2.39. The summed E-state index contributed by atoms with van der Waals surface area (Å²) in [6.07, 6.45) is 1.42. The van der Waals surface area contributed by atoms with Gasteiger partial charge in [0.05, 0.1) is 17.1 Å². The van der Waals surface area contributed by atoms with Crippen LogP contribution in [0.3, 0.4) is 0 Å². The molecule has 0 saturated carbocycles. The Morgan fingerprint density at radius 2 is 2.09 bits per heavy atom. The molecule has 2 aromatic rings. The largest absolute Gasteiger partial charge is 0.447 e. The number of hydrogen-bond donors (Lipinski definition) is 0. The third-order valence-corrected chi connectivity index (χ3v) is 4.27. The molecule has 0 aliphatic carbocycles. The van der Waals surface area contributed by atoms with Gasteiger partial charge in [-0.3, -0.25) is 14.7 Å². The Labute approximate surface area is 127 Å². The van der Waals surface area contributed by atoms with Crippen molar-refractivity contribution in [3.05, 3.63) is 42.1 Å². The fourth-order valence-electron chi connectivity index (χ4n) is 3.12. The van der Waals surface area contributed by atoms with Crippen molar-refractivity contribution in [1.29, 1.82) is 0 Å². The number of ether oxygens (including phenoxy) is 1. The predicted octanol–water partition coefficient (Wildman–Crippen LogP) is 1.51. The van der Waals surface area contributed by atoms with Gasteiger partial charge < -0.3 is 9.64 Å². The first-order chi connectivity index (χ1) is 10.7. The molecule has 0 radical (unpaired) electrons. The summed E-state index contributed by atoms with van der Waals surface area (Å²) in [6.45, 7) is 1.91. The molecule has 6 heteroatoms. The molecule has 0 unspecified atom stereocenters. The summed E-state index contributed by atoms with van der Waals surface area (Å²) in [5.41, 5.74) is 1.33. The fraction of sp³-hybridized carbons (Fsp3) is 0.312. The second-order valence-electron chi connectivity index (χ2n) is 5.56. The van der Waals surface area contributed by atoms with Gasteiger partial charge in [-0.2, -0.15) is 0 Å². The first-order valence-electron chi connectivity index (χ1n) is 7.30. The highest BCUT2D eigenvalue weighted by molar-refractivity contribution is 6.05. The van der Waals surface area contributed by atoms with Crippen LogP contribution in [0.25, 0.3) is 10.9 Å². The lowest BCUT2D eigenvalue weighted by Crippen LogP contribution is -2.53. The average Bonchev–Trinajstić information content (AvgIpc) is 2.94. The minimum absolute atomic E-state index is 0.0341. The number of carbonyl (C=O) groups excluding carboxylic acids is 2. The monoisotopic (exact) mass is 297 g/mol. The van der Waals surface area contributed by atoms with E-state index >= 15 is 0 Å². The number of pyridine rings is 1. The molecular formula is C16H15N3O3. The highest BCUT2D eigenvalue weighted by Crippen LogP contribution is 2.22. The van der Waals surface area contributed by atoms with Crippen LogP contribution in [0.1, 0.15) is 10.4 Å². The van der Waals surface area contributed by atoms with Gasteiger partial charge in [0.25, 0.3) is 5.91 Å². The van der Waals surface area contributed by atoms with E-state index in [2.05, 4.69) is 4.98 Å². The Balaban J connectivity index is 1.63. The molecule has 2 aliphatic rings. The standard InChI is InChI=1S/C16H15N3O3/c20-15(13-5-1-3-11-4-2-6-17-14(11)13)18-7-8-19-12(9-18)10-22-16(19)21/h1-6,12H,7-10H2/t12-/m0/s1. The molecule has 2 saturated heterocycles. The van der Waals surface area contributed by atoms with Crippen molar-refractivity contribution in [2.75, 3.05) is 26.2 Å². The smallest absolute Gasteiger partial charge is 0.410 e. The Hall–Kier alpha value is -2.63. The van der Waals surface area contributed by atoms with Gasteiger partial charge in [0.2, 0.25) is 0 Å². The Morgan fingerprint density at radius 1 is 1.23 bits per heavy atom. The van der Waals surface area contributed by atoms with E-state index in [1.165, 1.54) is 0 Å². The summed E-state index contributed by atoms with van der Waals surface area (Å²) in [7, 11) is 0. The van der Waals surface area contributed by atoms with Gasteiger partial charge in [0, 0.05) is 31.2 Å². The Morgan fingerprint density at radius 3 is 3.00 bits per heavy atom.